The zero-order valence-corrected chi connectivity index (χ0v) is 15.7. The molecule has 1 fully saturated rings. The van der Waals surface area contributed by atoms with Gasteiger partial charge in [-0.15, -0.1) is 0 Å². The van der Waals surface area contributed by atoms with Gasteiger partial charge in [0.05, 0.1) is 10.5 Å². The van der Waals surface area contributed by atoms with Crippen LogP contribution in [0.3, 0.4) is 0 Å². The van der Waals surface area contributed by atoms with Crippen LogP contribution in [0.5, 0.6) is 0 Å². The van der Waals surface area contributed by atoms with Crippen molar-refractivity contribution in [2.75, 3.05) is 19.6 Å². The number of nitrogens with one attached hydrogen (secondary N) is 1. The number of unbranched alkanes of at least 4 members (excludes halogenated alkanes) is 2. The molecule has 0 aromatic heterocycles. The fraction of sp³-hybridized carbons (Fsp3) is 0.562. The number of hydrogen-bond donors (Lipinski definition) is 1. The molecule has 1 saturated heterocycles. The highest BCUT2D eigenvalue weighted by molar-refractivity contribution is 9.10. The van der Waals surface area contributed by atoms with Crippen LogP contribution in [0, 0.1) is 0 Å². The van der Waals surface area contributed by atoms with Gasteiger partial charge in [-0.1, -0.05) is 19.8 Å². The fourth-order valence-electron chi connectivity index (χ4n) is 2.59. The minimum atomic E-state index is -3.51. The Morgan fingerprint density at radius 3 is 2.61 bits per heavy atom. The van der Waals surface area contributed by atoms with Gasteiger partial charge in [0.15, 0.2) is 0 Å². The molecule has 7 heteroatoms. The van der Waals surface area contributed by atoms with Crippen molar-refractivity contribution >= 4 is 31.9 Å². The number of carbonyl (C=O) groups excluding carboxylic acids is 1. The predicted octanol–water partition coefficient (Wildman–Crippen LogP) is 3.15. The molecule has 23 heavy (non-hydrogen) atoms. The van der Waals surface area contributed by atoms with Gasteiger partial charge in [-0.25, -0.2) is 8.42 Å². The second-order valence-electron chi connectivity index (χ2n) is 5.72. The van der Waals surface area contributed by atoms with Gasteiger partial charge < -0.3 is 5.32 Å². The molecule has 0 saturated carbocycles. The molecule has 128 valence electrons. The van der Waals surface area contributed by atoms with Crippen molar-refractivity contribution < 1.29 is 13.2 Å². The highest BCUT2D eigenvalue weighted by Crippen LogP contribution is 2.25. The first kappa shape index (κ1) is 18.4. The van der Waals surface area contributed by atoms with Gasteiger partial charge in [0.25, 0.3) is 5.91 Å². The maximum absolute atomic E-state index is 12.6. The summed E-state index contributed by atoms with van der Waals surface area (Å²) in [5.74, 6) is -0.244. The van der Waals surface area contributed by atoms with E-state index >= 15 is 0 Å². The lowest BCUT2D eigenvalue weighted by atomic mass is 10.2. The van der Waals surface area contributed by atoms with E-state index in [-0.39, 0.29) is 10.8 Å². The van der Waals surface area contributed by atoms with Crippen molar-refractivity contribution in [1.29, 1.82) is 0 Å². The van der Waals surface area contributed by atoms with Crippen LogP contribution in [-0.2, 0) is 10.0 Å². The molecular formula is C16H23BrN2O3S. The number of benzene rings is 1. The van der Waals surface area contributed by atoms with E-state index in [2.05, 4.69) is 28.2 Å². The van der Waals surface area contributed by atoms with Crippen LogP contribution < -0.4 is 5.32 Å². The zero-order valence-electron chi connectivity index (χ0n) is 13.3. The Hall–Kier alpha value is -0.920. The molecule has 0 atom stereocenters. The molecule has 2 rings (SSSR count). The monoisotopic (exact) mass is 402 g/mol. The van der Waals surface area contributed by atoms with E-state index in [0.29, 0.717) is 29.7 Å². The number of nitrogens with zero attached hydrogens (tertiary/aromatic N) is 1. The topological polar surface area (TPSA) is 66.5 Å². The van der Waals surface area contributed by atoms with Crippen LogP contribution in [0.1, 0.15) is 49.4 Å². The smallest absolute Gasteiger partial charge is 0.252 e. The molecular weight excluding hydrogens is 380 g/mol. The Morgan fingerprint density at radius 2 is 1.96 bits per heavy atom. The molecule has 0 unspecified atom stereocenters. The van der Waals surface area contributed by atoms with Gasteiger partial charge in [0.1, 0.15) is 0 Å². The number of halogens is 1. The van der Waals surface area contributed by atoms with E-state index in [1.54, 1.807) is 12.1 Å². The fourth-order valence-corrected chi connectivity index (χ4v) is 4.56. The lowest BCUT2D eigenvalue weighted by Gasteiger charge is -2.16. The molecule has 1 heterocycles. The number of amides is 1. The minimum absolute atomic E-state index is 0.182. The number of carbonyl (C=O) groups is 1. The molecule has 5 nitrogen and oxygen atoms in total. The second-order valence-corrected chi connectivity index (χ2v) is 8.51. The lowest BCUT2D eigenvalue weighted by Crippen LogP contribution is -2.29. The molecule has 0 spiro atoms. The van der Waals surface area contributed by atoms with Crippen LogP contribution in [0.15, 0.2) is 27.6 Å². The molecule has 1 aromatic carbocycles. The molecule has 1 aromatic rings. The third-order valence-electron chi connectivity index (χ3n) is 3.95. The minimum Gasteiger partial charge on any atom is -0.352 e. The van der Waals surface area contributed by atoms with E-state index in [4.69, 9.17) is 0 Å². The maximum Gasteiger partial charge on any atom is 0.252 e. The Morgan fingerprint density at radius 1 is 1.26 bits per heavy atom. The van der Waals surface area contributed by atoms with Gasteiger partial charge in [0.2, 0.25) is 10.0 Å². The Labute approximate surface area is 146 Å². The van der Waals surface area contributed by atoms with E-state index in [9.17, 15) is 13.2 Å². The van der Waals surface area contributed by atoms with Crippen molar-refractivity contribution in [2.45, 2.75) is 43.9 Å². The van der Waals surface area contributed by atoms with Crippen LogP contribution in [-0.4, -0.2) is 38.3 Å². The average molecular weight is 403 g/mol. The Balaban J connectivity index is 2.16. The first-order valence-electron chi connectivity index (χ1n) is 8.04. The zero-order chi connectivity index (χ0) is 16.9. The van der Waals surface area contributed by atoms with Crippen molar-refractivity contribution in [2.24, 2.45) is 0 Å². The van der Waals surface area contributed by atoms with Gasteiger partial charge in [-0.2, -0.15) is 4.31 Å². The van der Waals surface area contributed by atoms with Gasteiger partial charge in [-0.3, -0.25) is 4.79 Å². The number of hydrogen-bond acceptors (Lipinski definition) is 3. The molecule has 0 bridgehead atoms. The summed E-state index contributed by atoms with van der Waals surface area (Å²) in [6.07, 6.45) is 4.85. The summed E-state index contributed by atoms with van der Waals surface area (Å²) in [4.78, 5) is 12.5. The second kappa shape index (κ2) is 8.26. The summed E-state index contributed by atoms with van der Waals surface area (Å²) in [6, 6.07) is 4.64. The molecule has 1 aliphatic heterocycles. The van der Waals surface area contributed by atoms with Crippen molar-refractivity contribution in [1.82, 2.24) is 9.62 Å². The van der Waals surface area contributed by atoms with E-state index < -0.39 is 10.0 Å². The quantitative estimate of drug-likeness (QED) is 0.712. The third kappa shape index (κ3) is 4.55. The summed E-state index contributed by atoms with van der Waals surface area (Å²) in [5, 5.41) is 2.85. The molecule has 1 aliphatic rings. The van der Waals surface area contributed by atoms with Gasteiger partial charge in [-0.05, 0) is 53.4 Å². The van der Waals surface area contributed by atoms with Gasteiger partial charge >= 0.3 is 0 Å². The van der Waals surface area contributed by atoms with Crippen LogP contribution >= 0.6 is 15.9 Å². The third-order valence-corrected chi connectivity index (χ3v) is 6.54. The normalized spacial score (nSPS) is 15.7. The molecule has 0 aliphatic carbocycles. The first-order valence-corrected chi connectivity index (χ1v) is 10.3. The highest BCUT2D eigenvalue weighted by Gasteiger charge is 2.28. The predicted molar refractivity (Wildman–Crippen MR) is 94.0 cm³/mol. The van der Waals surface area contributed by atoms with Gasteiger partial charge in [0, 0.05) is 24.1 Å². The van der Waals surface area contributed by atoms with Crippen molar-refractivity contribution in [3.05, 3.63) is 28.2 Å². The van der Waals surface area contributed by atoms with Crippen molar-refractivity contribution in [3.63, 3.8) is 0 Å². The summed E-state index contributed by atoms with van der Waals surface area (Å²) >= 11 is 3.33. The largest absolute Gasteiger partial charge is 0.352 e. The van der Waals surface area contributed by atoms with Crippen LogP contribution in [0.25, 0.3) is 0 Å². The summed E-state index contributed by atoms with van der Waals surface area (Å²) in [5.41, 5.74) is 0.363. The Bertz CT molecular complexity index is 655. The lowest BCUT2D eigenvalue weighted by molar-refractivity contribution is 0.0952. The van der Waals surface area contributed by atoms with E-state index in [1.807, 2.05) is 0 Å². The Kier molecular flexibility index (Phi) is 6.61. The van der Waals surface area contributed by atoms with Crippen LogP contribution in [0.4, 0.5) is 0 Å². The molecule has 0 radical (unpaired) electrons. The van der Waals surface area contributed by atoms with E-state index in [0.717, 1.165) is 32.1 Å². The van der Waals surface area contributed by atoms with Crippen molar-refractivity contribution in [3.8, 4) is 0 Å². The van der Waals surface area contributed by atoms with E-state index in [1.165, 1.54) is 10.4 Å². The highest BCUT2D eigenvalue weighted by atomic mass is 79.9. The maximum atomic E-state index is 12.6. The standard InChI is InChI=1S/C16H23BrN2O3S/c1-2-3-4-9-18-16(20)14-12-13(7-8-15(14)17)23(21,22)19-10-5-6-11-19/h7-8,12H,2-6,9-11H2,1H3,(H,18,20). The number of sulfonamides is 1. The molecule has 1 N–H and O–H groups in total. The summed E-state index contributed by atoms with van der Waals surface area (Å²) in [7, 11) is -3.51. The SMILES string of the molecule is CCCCCNC(=O)c1cc(S(=O)(=O)N2CCCC2)ccc1Br. The van der Waals surface area contributed by atoms with Crippen LogP contribution in [0.2, 0.25) is 0 Å². The molecule has 1 amide bonds. The summed E-state index contributed by atoms with van der Waals surface area (Å²) in [6.45, 7) is 3.81. The first-order chi connectivity index (χ1) is 11.0. The summed E-state index contributed by atoms with van der Waals surface area (Å²) < 4.78 is 27.3. The average Bonchev–Trinajstić information content (AvgIpc) is 3.07. The number of rotatable bonds is 7.